The lowest BCUT2D eigenvalue weighted by atomic mass is 10.0. The summed E-state index contributed by atoms with van der Waals surface area (Å²) in [6, 6.07) is 8.19. The Hall–Kier alpha value is -2.67. The summed E-state index contributed by atoms with van der Waals surface area (Å²) in [6.07, 6.45) is 4.27. The summed E-state index contributed by atoms with van der Waals surface area (Å²) in [5.41, 5.74) is 3.54. The van der Waals surface area contributed by atoms with E-state index in [1.165, 1.54) is 0 Å². The number of benzene rings is 1. The molecule has 1 aromatic carbocycles. The number of likely N-dealkylation sites (tertiary alicyclic amines) is 1. The van der Waals surface area contributed by atoms with Crippen LogP contribution < -0.4 is 10.6 Å². The van der Waals surface area contributed by atoms with Crippen molar-refractivity contribution >= 4 is 11.8 Å². The summed E-state index contributed by atoms with van der Waals surface area (Å²) in [4.78, 5) is 26.8. The lowest BCUT2D eigenvalue weighted by molar-refractivity contribution is -0.122. The van der Waals surface area contributed by atoms with E-state index in [1.54, 1.807) is 10.9 Å². The Bertz CT molecular complexity index is 853. The first-order chi connectivity index (χ1) is 14.0. The zero-order valence-corrected chi connectivity index (χ0v) is 17.6. The molecule has 0 unspecified atom stereocenters. The number of piperidine rings is 1. The second-order valence-corrected chi connectivity index (χ2v) is 7.77. The Morgan fingerprint density at radius 2 is 1.97 bits per heavy atom. The highest BCUT2D eigenvalue weighted by molar-refractivity contribution is 5.95. The van der Waals surface area contributed by atoms with E-state index in [2.05, 4.69) is 20.6 Å². The van der Waals surface area contributed by atoms with Crippen LogP contribution in [0.5, 0.6) is 0 Å². The van der Waals surface area contributed by atoms with Crippen LogP contribution in [-0.4, -0.2) is 58.7 Å². The predicted molar refractivity (Wildman–Crippen MR) is 113 cm³/mol. The molecule has 0 aliphatic carbocycles. The third-order valence-electron chi connectivity index (χ3n) is 5.36. The molecule has 2 amide bonds. The number of hydrogen-bond donors (Lipinski definition) is 2. The molecule has 1 fully saturated rings. The lowest BCUT2D eigenvalue weighted by Crippen LogP contribution is -2.47. The van der Waals surface area contributed by atoms with Gasteiger partial charge in [0.2, 0.25) is 5.91 Å². The second kappa shape index (κ2) is 9.69. The number of rotatable bonds is 7. The molecule has 2 heterocycles. The van der Waals surface area contributed by atoms with Crippen molar-refractivity contribution in [2.24, 2.45) is 0 Å². The molecule has 1 aliphatic heterocycles. The quantitative estimate of drug-likeness (QED) is 0.751. The smallest absolute Gasteiger partial charge is 0.254 e. The molecule has 0 bridgehead atoms. The molecular weight excluding hydrogens is 366 g/mol. The minimum Gasteiger partial charge on any atom is -0.355 e. The second-order valence-electron chi connectivity index (χ2n) is 7.77. The monoisotopic (exact) mass is 397 g/mol. The third-order valence-corrected chi connectivity index (χ3v) is 5.36. The number of aromatic nitrogens is 2. The maximum Gasteiger partial charge on any atom is 0.254 e. The van der Waals surface area contributed by atoms with E-state index < -0.39 is 0 Å². The normalized spacial score (nSPS) is 15.3. The summed E-state index contributed by atoms with van der Waals surface area (Å²) in [5, 5.41) is 10.5. The van der Waals surface area contributed by atoms with Crippen molar-refractivity contribution in [3.8, 4) is 5.69 Å². The Kier molecular flexibility index (Phi) is 7.04. The van der Waals surface area contributed by atoms with Gasteiger partial charge in [0.05, 0.1) is 29.7 Å². The summed E-state index contributed by atoms with van der Waals surface area (Å²) in [6.45, 7) is 8.78. The van der Waals surface area contributed by atoms with Crippen molar-refractivity contribution in [2.45, 2.75) is 46.1 Å². The molecule has 1 aromatic heterocycles. The van der Waals surface area contributed by atoms with Crippen LogP contribution in [0.1, 0.15) is 47.8 Å². The third kappa shape index (κ3) is 5.44. The standard InChI is InChI=1S/C22H31N5O2/c1-4-10-23-21(28)15-26-11-8-18(9-12-26)25-22(29)20-14-24-27(17(20)3)19-7-5-6-16(2)13-19/h5-7,13-14,18H,4,8-12,15H2,1-3H3,(H,23,28)(H,25,29). The molecule has 1 aliphatic rings. The van der Waals surface area contributed by atoms with Crippen molar-refractivity contribution in [3.05, 3.63) is 47.3 Å². The lowest BCUT2D eigenvalue weighted by Gasteiger charge is -2.31. The van der Waals surface area contributed by atoms with Crippen LogP contribution in [0, 0.1) is 13.8 Å². The first-order valence-electron chi connectivity index (χ1n) is 10.4. The van der Waals surface area contributed by atoms with Crippen molar-refractivity contribution in [1.29, 1.82) is 0 Å². The van der Waals surface area contributed by atoms with E-state index in [4.69, 9.17) is 0 Å². The van der Waals surface area contributed by atoms with E-state index in [0.29, 0.717) is 12.1 Å². The average molecular weight is 398 g/mol. The first kappa shape index (κ1) is 21.0. The number of carbonyl (C=O) groups is 2. The van der Waals surface area contributed by atoms with Gasteiger partial charge in [-0.2, -0.15) is 5.10 Å². The molecule has 156 valence electrons. The minimum absolute atomic E-state index is 0.0773. The number of nitrogens with one attached hydrogen (secondary N) is 2. The molecule has 7 nitrogen and oxygen atoms in total. The number of aryl methyl sites for hydroxylation is 1. The molecular formula is C22H31N5O2. The molecule has 29 heavy (non-hydrogen) atoms. The summed E-state index contributed by atoms with van der Waals surface area (Å²) < 4.78 is 1.80. The number of hydrogen-bond acceptors (Lipinski definition) is 4. The maximum absolute atomic E-state index is 12.8. The maximum atomic E-state index is 12.8. The molecule has 3 rings (SSSR count). The molecule has 1 saturated heterocycles. The van der Waals surface area contributed by atoms with Gasteiger partial charge in [0.15, 0.2) is 0 Å². The van der Waals surface area contributed by atoms with Gasteiger partial charge in [-0.15, -0.1) is 0 Å². The molecule has 0 saturated carbocycles. The molecule has 0 spiro atoms. The SMILES string of the molecule is CCCNC(=O)CN1CCC(NC(=O)c2cnn(-c3cccc(C)c3)c2C)CC1. The molecule has 0 atom stereocenters. The van der Waals surface area contributed by atoms with E-state index in [0.717, 1.165) is 55.8 Å². The van der Waals surface area contributed by atoms with E-state index in [9.17, 15) is 9.59 Å². The topological polar surface area (TPSA) is 79.3 Å². The summed E-state index contributed by atoms with van der Waals surface area (Å²) in [7, 11) is 0. The highest BCUT2D eigenvalue weighted by atomic mass is 16.2. The fraction of sp³-hybridized carbons (Fsp3) is 0.500. The van der Waals surface area contributed by atoms with Gasteiger partial charge in [-0.3, -0.25) is 14.5 Å². The molecule has 7 heteroatoms. The Balaban J connectivity index is 1.53. The Labute approximate surface area is 172 Å². The van der Waals surface area contributed by atoms with Crippen LogP contribution in [0.3, 0.4) is 0 Å². The van der Waals surface area contributed by atoms with Crippen molar-refractivity contribution in [1.82, 2.24) is 25.3 Å². The van der Waals surface area contributed by atoms with Crippen LogP contribution in [0.25, 0.3) is 5.69 Å². The highest BCUT2D eigenvalue weighted by Gasteiger charge is 2.24. The van der Waals surface area contributed by atoms with E-state index in [-0.39, 0.29) is 17.9 Å². The van der Waals surface area contributed by atoms with Crippen LogP contribution in [0.2, 0.25) is 0 Å². The van der Waals surface area contributed by atoms with Crippen LogP contribution in [0.15, 0.2) is 30.5 Å². The molecule has 2 aromatic rings. The fourth-order valence-electron chi connectivity index (χ4n) is 3.67. The van der Waals surface area contributed by atoms with Gasteiger partial charge in [0.25, 0.3) is 5.91 Å². The number of amides is 2. The van der Waals surface area contributed by atoms with E-state index in [1.807, 2.05) is 45.0 Å². The van der Waals surface area contributed by atoms with Gasteiger partial charge in [0.1, 0.15) is 0 Å². The zero-order chi connectivity index (χ0) is 20.8. The Morgan fingerprint density at radius 3 is 2.66 bits per heavy atom. The predicted octanol–water partition coefficient (Wildman–Crippen LogP) is 2.21. The summed E-state index contributed by atoms with van der Waals surface area (Å²) >= 11 is 0. The average Bonchev–Trinajstić information content (AvgIpc) is 3.09. The molecule has 0 radical (unpaired) electrons. The first-order valence-corrected chi connectivity index (χ1v) is 10.4. The van der Waals surface area contributed by atoms with Crippen LogP contribution >= 0.6 is 0 Å². The van der Waals surface area contributed by atoms with Gasteiger partial charge in [-0.05, 0) is 50.8 Å². The van der Waals surface area contributed by atoms with Crippen LogP contribution in [-0.2, 0) is 4.79 Å². The van der Waals surface area contributed by atoms with Crippen molar-refractivity contribution < 1.29 is 9.59 Å². The highest BCUT2D eigenvalue weighted by Crippen LogP contribution is 2.17. The van der Waals surface area contributed by atoms with E-state index >= 15 is 0 Å². The van der Waals surface area contributed by atoms with Crippen molar-refractivity contribution in [3.63, 3.8) is 0 Å². The molecule has 2 N–H and O–H groups in total. The minimum atomic E-state index is -0.0828. The van der Waals surface area contributed by atoms with Crippen molar-refractivity contribution in [2.75, 3.05) is 26.2 Å². The van der Waals surface area contributed by atoms with Gasteiger partial charge >= 0.3 is 0 Å². The van der Waals surface area contributed by atoms with Gasteiger partial charge in [-0.1, -0.05) is 19.1 Å². The summed E-state index contributed by atoms with van der Waals surface area (Å²) in [5.74, 6) is -0.00550. The Morgan fingerprint density at radius 1 is 1.21 bits per heavy atom. The van der Waals surface area contributed by atoms with Gasteiger partial charge < -0.3 is 10.6 Å². The van der Waals surface area contributed by atoms with Gasteiger partial charge in [0, 0.05) is 25.7 Å². The number of nitrogens with zero attached hydrogens (tertiary/aromatic N) is 3. The number of carbonyl (C=O) groups excluding carboxylic acids is 2. The fourth-order valence-corrected chi connectivity index (χ4v) is 3.67. The zero-order valence-electron chi connectivity index (χ0n) is 17.6. The largest absolute Gasteiger partial charge is 0.355 e. The van der Waals surface area contributed by atoms with Crippen LogP contribution in [0.4, 0.5) is 0 Å². The van der Waals surface area contributed by atoms with Gasteiger partial charge in [-0.25, -0.2) is 4.68 Å².